The molecule has 32 heavy (non-hydrogen) atoms. The van der Waals surface area contributed by atoms with Gasteiger partial charge in [0.25, 0.3) is 0 Å². The van der Waals surface area contributed by atoms with Crippen LogP contribution < -0.4 is 4.74 Å². The molecule has 0 aromatic carbocycles. The highest BCUT2D eigenvalue weighted by atomic mass is 16.5. The third-order valence-corrected chi connectivity index (χ3v) is 5.55. The topological polar surface area (TPSA) is 79.1 Å². The summed E-state index contributed by atoms with van der Waals surface area (Å²) in [7, 11) is 0. The minimum atomic E-state index is 0.208. The van der Waals surface area contributed by atoms with Gasteiger partial charge in [-0.1, -0.05) is 48.5 Å². The summed E-state index contributed by atoms with van der Waals surface area (Å²) in [6.07, 6.45) is 16.8. The average molecular weight is 433 g/mol. The van der Waals surface area contributed by atoms with E-state index >= 15 is 0 Å². The molecular weight excluding hydrogens is 400 g/mol. The lowest BCUT2D eigenvalue weighted by Gasteiger charge is -2.24. The standard InChI is InChI=1S/C26H32N4O2/c1-6-23(12-15-30(18-31)14-7-13-27)25-16-28-22(5)29-26(25)32-17-24-11-9-19(2)8-10-20(3)21(24)4/h6,8-12,15-16,18,21,24H,7,14,17H2,1-5H3/b11-9-,15-12-,19-8-,20-10+,23-6+/t21-,24?/m1/s1. The molecule has 1 aliphatic rings. The zero-order chi connectivity index (χ0) is 23.5. The molecule has 1 aromatic rings. The van der Waals surface area contributed by atoms with Crippen LogP contribution >= 0.6 is 0 Å². The van der Waals surface area contributed by atoms with Gasteiger partial charge in [-0.25, -0.2) is 4.98 Å². The second-order valence-electron chi connectivity index (χ2n) is 7.89. The predicted octanol–water partition coefficient (Wildman–Crippen LogP) is 5.17. The lowest BCUT2D eigenvalue weighted by atomic mass is 9.86. The van der Waals surface area contributed by atoms with Crippen molar-refractivity contribution in [1.29, 1.82) is 5.26 Å². The highest BCUT2D eigenvalue weighted by molar-refractivity contribution is 5.76. The maximum Gasteiger partial charge on any atom is 0.224 e. The summed E-state index contributed by atoms with van der Waals surface area (Å²) in [5, 5.41) is 8.75. The fourth-order valence-electron chi connectivity index (χ4n) is 3.24. The molecule has 0 bridgehead atoms. The summed E-state index contributed by atoms with van der Waals surface area (Å²) in [5.74, 6) is 1.69. The van der Waals surface area contributed by atoms with Crippen molar-refractivity contribution in [2.75, 3.05) is 13.2 Å². The van der Waals surface area contributed by atoms with Crippen molar-refractivity contribution >= 4 is 12.0 Å². The molecule has 0 radical (unpaired) electrons. The Morgan fingerprint density at radius 2 is 2.09 bits per heavy atom. The average Bonchev–Trinajstić information content (AvgIpc) is 2.79. The molecule has 0 saturated carbocycles. The van der Waals surface area contributed by atoms with Gasteiger partial charge in [0.1, 0.15) is 5.82 Å². The first-order chi connectivity index (χ1) is 15.4. The van der Waals surface area contributed by atoms with Crippen LogP contribution in [0, 0.1) is 30.1 Å². The highest BCUT2D eigenvalue weighted by Gasteiger charge is 2.19. The van der Waals surface area contributed by atoms with Crippen LogP contribution in [0.3, 0.4) is 0 Å². The van der Waals surface area contributed by atoms with Gasteiger partial charge in [-0.05, 0) is 45.3 Å². The summed E-state index contributed by atoms with van der Waals surface area (Å²) < 4.78 is 6.24. The van der Waals surface area contributed by atoms with Crippen LogP contribution in [0.5, 0.6) is 5.88 Å². The van der Waals surface area contributed by atoms with E-state index in [0.717, 1.165) is 11.1 Å². The van der Waals surface area contributed by atoms with Crippen molar-refractivity contribution in [3.8, 4) is 11.9 Å². The zero-order valence-electron chi connectivity index (χ0n) is 19.6. The van der Waals surface area contributed by atoms with E-state index in [1.54, 1.807) is 12.4 Å². The van der Waals surface area contributed by atoms with Gasteiger partial charge in [0.15, 0.2) is 0 Å². The van der Waals surface area contributed by atoms with Gasteiger partial charge in [-0.15, -0.1) is 0 Å². The summed E-state index contributed by atoms with van der Waals surface area (Å²) in [5.41, 5.74) is 4.10. The quantitative estimate of drug-likeness (QED) is 0.397. The van der Waals surface area contributed by atoms with E-state index in [2.05, 4.69) is 55.0 Å². The van der Waals surface area contributed by atoms with Crippen molar-refractivity contribution in [2.24, 2.45) is 11.8 Å². The number of carbonyl (C=O) groups is 1. The van der Waals surface area contributed by atoms with Crippen LogP contribution in [0.25, 0.3) is 5.57 Å². The number of amides is 1. The second kappa shape index (κ2) is 12.4. The third-order valence-electron chi connectivity index (χ3n) is 5.55. The van der Waals surface area contributed by atoms with E-state index in [1.165, 1.54) is 16.0 Å². The number of ether oxygens (including phenoxy) is 1. The first kappa shape index (κ1) is 24.8. The molecule has 0 fully saturated rings. The number of nitrogens with zero attached hydrogens (tertiary/aromatic N) is 4. The number of aromatic nitrogens is 2. The monoisotopic (exact) mass is 432 g/mol. The summed E-state index contributed by atoms with van der Waals surface area (Å²) >= 11 is 0. The van der Waals surface area contributed by atoms with Gasteiger partial charge in [0, 0.05) is 24.9 Å². The largest absolute Gasteiger partial charge is 0.476 e. The van der Waals surface area contributed by atoms with Crippen molar-refractivity contribution in [2.45, 2.75) is 41.0 Å². The van der Waals surface area contributed by atoms with E-state index in [0.29, 0.717) is 37.2 Å². The molecule has 0 N–H and O–H groups in total. The molecule has 168 valence electrons. The first-order valence-electron chi connectivity index (χ1n) is 10.8. The molecule has 1 aliphatic carbocycles. The predicted molar refractivity (Wildman–Crippen MR) is 127 cm³/mol. The number of nitriles is 1. The summed E-state index contributed by atoms with van der Waals surface area (Å²) in [6, 6.07) is 2.04. The van der Waals surface area contributed by atoms with Gasteiger partial charge >= 0.3 is 0 Å². The van der Waals surface area contributed by atoms with E-state index in [-0.39, 0.29) is 12.3 Å². The van der Waals surface area contributed by atoms with E-state index in [1.807, 2.05) is 32.1 Å². The molecule has 1 amide bonds. The van der Waals surface area contributed by atoms with Crippen LogP contribution in [0.4, 0.5) is 0 Å². The fourth-order valence-corrected chi connectivity index (χ4v) is 3.24. The molecule has 0 spiro atoms. The van der Waals surface area contributed by atoms with Crippen molar-refractivity contribution in [3.05, 3.63) is 71.4 Å². The lowest BCUT2D eigenvalue weighted by Crippen LogP contribution is -2.20. The van der Waals surface area contributed by atoms with E-state index in [9.17, 15) is 4.79 Å². The molecule has 1 aromatic heterocycles. The molecule has 1 unspecified atom stereocenters. The van der Waals surface area contributed by atoms with Crippen molar-refractivity contribution in [1.82, 2.24) is 14.9 Å². The van der Waals surface area contributed by atoms with Crippen molar-refractivity contribution in [3.63, 3.8) is 0 Å². The minimum Gasteiger partial charge on any atom is -0.476 e. The number of carbonyl (C=O) groups excluding carboxylic acids is 1. The number of rotatable bonds is 9. The number of aryl methyl sites for hydroxylation is 1. The van der Waals surface area contributed by atoms with Crippen LogP contribution in [0.15, 0.2) is 60.0 Å². The van der Waals surface area contributed by atoms with Crippen LogP contribution in [-0.2, 0) is 4.79 Å². The van der Waals surface area contributed by atoms with Crippen LogP contribution in [0.2, 0.25) is 0 Å². The fraction of sp³-hybridized carbons (Fsp3) is 0.385. The maximum absolute atomic E-state index is 11.3. The Kier molecular flexibility index (Phi) is 9.62. The summed E-state index contributed by atoms with van der Waals surface area (Å²) in [4.78, 5) is 21.6. The van der Waals surface area contributed by atoms with Gasteiger partial charge < -0.3 is 9.64 Å². The Labute approximate surface area is 191 Å². The van der Waals surface area contributed by atoms with Crippen LogP contribution in [0.1, 0.15) is 45.5 Å². The second-order valence-corrected chi connectivity index (χ2v) is 7.89. The molecule has 2 atom stereocenters. The van der Waals surface area contributed by atoms with E-state index < -0.39 is 0 Å². The minimum absolute atomic E-state index is 0.208. The number of hydrogen-bond acceptors (Lipinski definition) is 5. The molecule has 6 heteroatoms. The number of allylic oxidation sites excluding steroid dienone is 8. The summed E-state index contributed by atoms with van der Waals surface area (Å²) in [6.45, 7) is 11.0. The van der Waals surface area contributed by atoms with Gasteiger partial charge in [-0.3, -0.25) is 4.79 Å². The Hall–Kier alpha value is -3.46. The number of hydrogen-bond donors (Lipinski definition) is 0. The smallest absolute Gasteiger partial charge is 0.224 e. The van der Waals surface area contributed by atoms with Crippen molar-refractivity contribution < 1.29 is 9.53 Å². The SMILES string of the molecule is C/C=C(\C=C/N(C=O)CCC#N)c1cnc(C)nc1OCC1\C=C/C(C)=C\C=C(/C)[C@H]1C. The normalized spacial score (nSPS) is 23.2. The van der Waals surface area contributed by atoms with Crippen LogP contribution in [-0.4, -0.2) is 34.4 Å². The highest BCUT2D eigenvalue weighted by Crippen LogP contribution is 2.28. The molecule has 6 nitrogen and oxygen atoms in total. The van der Waals surface area contributed by atoms with E-state index in [4.69, 9.17) is 10.00 Å². The molecular formula is C26H32N4O2. The maximum atomic E-state index is 11.3. The Bertz CT molecular complexity index is 996. The molecule has 0 aliphatic heterocycles. The Balaban J connectivity index is 2.26. The Morgan fingerprint density at radius 3 is 2.78 bits per heavy atom. The lowest BCUT2D eigenvalue weighted by molar-refractivity contribution is -0.115. The van der Waals surface area contributed by atoms with Gasteiger partial charge in [0.05, 0.1) is 24.7 Å². The Morgan fingerprint density at radius 1 is 1.31 bits per heavy atom. The van der Waals surface area contributed by atoms with Gasteiger partial charge in [-0.2, -0.15) is 10.2 Å². The molecule has 0 saturated heterocycles. The van der Waals surface area contributed by atoms with Gasteiger partial charge in [0.2, 0.25) is 12.3 Å². The first-order valence-corrected chi connectivity index (χ1v) is 10.8. The molecule has 2 rings (SSSR count). The molecule has 1 heterocycles. The third kappa shape index (κ3) is 7.05. The zero-order valence-corrected chi connectivity index (χ0v) is 19.6.